The molecule has 0 bridgehead atoms. The number of benzene rings is 2. The molecule has 2 atom stereocenters. The maximum absolute atomic E-state index is 13.0. The number of unbranched alkanes of at least 4 members (excludes halogenated alkanes) is 8. The number of ether oxygens (including phenoxy) is 2. The van der Waals surface area contributed by atoms with Crippen LogP contribution in [0.25, 0.3) is 0 Å². The maximum atomic E-state index is 13.0. The van der Waals surface area contributed by atoms with Crippen LogP contribution in [0.3, 0.4) is 0 Å². The van der Waals surface area contributed by atoms with Gasteiger partial charge in [-0.05, 0) is 50.2 Å². The molecule has 4 amide bonds. The molecule has 2 aromatic carbocycles. The minimum Gasteiger partial charge on any atom is -0.445 e. The van der Waals surface area contributed by atoms with Gasteiger partial charge in [-0.2, -0.15) is 0 Å². The van der Waals surface area contributed by atoms with Crippen molar-refractivity contribution in [2.45, 2.75) is 109 Å². The highest BCUT2D eigenvalue weighted by molar-refractivity contribution is 5.83. The van der Waals surface area contributed by atoms with E-state index in [9.17, 15) is 24.3 Å². The smallest absolute Gasteiger partial charge is 0.410 e. The summed E-state index contributed by atoms with van der Waals surface area (Å²) in [5, 5.41) is 18.6. The summed E-state index contributed by atoms with van der Waals surface area (Å²) in [6.45, 7) is 3.88. The van der Waals surface area contributed by atoms with Crippen LogP contribution in [0.5, 0.6) is 0 Å². The highest BCUT2D eigenvalue weighted by Crippen LogP contribution is 2.11. The summed E-state index contributed by atoms with van der Waals surface area (Å²) < 4.78 is 10.8. The normalized spacial score (nSPS) is 11.8. The summed E-state index contributed by atoms with van der Waals surface area (Å²) in [6, 6.07) is 18.0. The van der Waals surface area contributed by atoms with E-state index in [2.05, 4.69) is 20.9 Å². The van der Waals surface area contributed by atoms with Crippen LogP contribution in [0, 0.1) is 0 Å². The zero-order valence-electron chi connectivity index (χ0n) is 31.3. The van der Waals surface area contributed by atoms with Crippen LogP contribution < -0.4 is 27.4 Å². The second-order valence-electron chi connectivity index (χ2n) is 13.1. The van der Waals surface area contributed by atoms with Crippen LogP contribution in [-0.2, 0) is 32.3 Å². The number of carbonyl (C=O) groups excluding carboxylic acids is 4. The van der Waals surface area contributed by atoms with Gasteiger partial charge in [-0.1, -0.05) is 99.2 Å². The molecule has 8 N–H and O–H groups in total. The molecule has 294 valence electrons. The lowest BCUT2D eigenvalue weighted by Gasteiger charge is -2.23. The zero-order chi connectivity index (χ0) is 38.5. The van der Waals surface area contributed by atoms with Gasteiger partial charge in [-0.3, -0.25) is 14.6 Å². The number of alkyl carbamates (subject to hydrolysis) is 1. The Morgan fingerprint density at radius 3 is 1.89 bits per heavy atom. The quantitative estimate of drug-likeness (QED) is 0.0433. The van der Waals surface area contributed by atoms with Crippen molar-refractivity contribution < 1.29 is 33.8 Å². The van der Waals surface area contributed by atoms with E-state index >= 15 is 0 Å². The predicted molar refractivity (Wildman–Crippen MR) is 206 cm³/mol. The second-order valence-corrected chi connectivity index (χ2v) is 13.1. The van der Waals surface area contributed by atoms with Crippen molar-refractivity contribution in [1.82, 2.24) is 20.9 Å². The molecule has 0 aliphatic carbocycles. The highest BCUT2D eigenvalue weighted by Gasteiger charge is 2.23. The number of amides is 4. The van der Waals surface area contributed by atoms with Gasteiger partial charge in [0.25, 0.3) is 5.91 Å². The van der Waals surface area contributed by atoms with Crippen LogP contribution in [0.4, 0.5) is 9.59 Å². The molecule has 0 saturated heterocycles. The summed E-state index contributed by atoms with van der Waals surface area (Å²) >= 11 is 0. The summed E-state index contributed by atoms with van der Waals surface area (Å²) in [6.07, 6.45) is 7.74. The Kier molecular flexibility index (Phi) is 23.2. The topological polar surface area (TPSA) is 211 Å². The van der Waals surface area contributed by atoms with E-state index in [4.69, 9.17) is 20.9 Å². The minimum absolute atomic E-state index is 0.132. The van der Waals surface area contributed by atoms with E-state index in [1.165, 1.54) is 0 Å². The van der Waals surface area contributed by atoms with Crippen molar-refractivity contribution in [3.05, 3.63) is 71.8 Å². The Bertz CT molecular complexity index is 1340. The molecule has 0 spiro atoms. The van der Waals surface area contributed by atoms with Gasteiger partial charge in [0.05, 0.1) is 6.04 Å². The Balaban J connectivity index is 1.63. The third-order valence-electron chi connectivity index (χ3n) is 8.44. The molecule has 0 aliphatic heterocycles. The van der Waals surface area contributed by atoms with Gasteiger partial charge in [-0.25, -0.2) is 9.59 Å². The van der Waals surface area contributed by atoms with E-state index in [1.54, 1.807) is 11.8 Å². The maximum Gasteiger partial charge on any atom is 0.410 e. The van der Waals surface area contributed by atoms with Gasteiger partial charge in [0, 0.05) is 39.1 Å². The van der Waals surface area contributed by atoms with Gasteiger partial charge in [-0.15, -0.1) is 0 Å². The molecular formula is C39H61N7O7. The van der Waals surface area contributed by atoms with Crippen LogP contribution in [-0.4, -0.2) is 84.8 Å². The lowest BCUT2D eigenvalue weighted by Crippen LogP contribution is -2.49. The predicted octanol–water partition coefficient (Wildman–Crippen LogP) is 4.49. The second kappa shape index (κ2) is 27.8. The molecule has 53 heavy (non-hydrogen) atoms. The van der Waals surface area contributed by atoms with Gasteiger partial charge < -0.3 is 46.9 Å². The number of nitrogens with zero attached hydrogens (tertiary/aromatic N) is 2. The Labute approximate surface area is 314 Å². The number of guanidine groups is 1. The average molecular weight is 740 g/mol. The van der Waals surface area contributed by atoms with E-state index in [-0.39, 0.29) is 31.6 Å². The number of nitrogens with one attached hydrogen (secondary N) is 3. The van der Waals surface area contributed by atoms with Crippen molar-refractivity contribution in [2.24, 2.45) is 16.5 Å². The van der Waals surface area contributed by atoms with Crippen LogP contribution in [0.2, 0.25) is 0 Å². The average Bonchev–Trinajstić information content (AvgIpc) is 3.16. The third-order valence-corrected chi connectivity index (χ3v) is 8.44. The number of carbonyl (C=O) groups is 4. The van der Waals surface area contributed by atoms with Gasteiger partial charge in [0.2, 0.25) is 5.91 Å². The minimum atomic E-state index is -1.39. The molecule has 0 aromatic heterocycles. The van der Waals surface area contributed by atoms with Gasteiger partial charge in [0.15, 0.2) is 12.1 Å². The lowest BCUT2D eigenvalue weighted by atomic mass is 10.1. The molecule has 14 heteroatoms. The summed E-state index contributed by atoms with van der Waals surface area (Å²) in [5.41, 5.74) is 12.4. The molecule has 2 rings (SSSR count). The number of rotatable bonds is 27. The van der Waals surface area contributed by atoms with Crippen molar-refractivity contribution in [1.29, 1.82) is 0 Å². The number of hydrogen-bond donors (Lipinski definition) is 6. The van der Waals surface area contributed by atoms with E-state index in [0.29, 0.717) is 51.9 Å². The van der Waals surface area contributed by atoms with E-state index in [1.807, 2.05) is 60.7 Å². The van der Waals surface area contributed by atoms with Crippen molar-refractivity contribution >= 4 is 30.0 Å². The summed E-state index contributed by atoms with van der Waals surface area (Å²) in [4.78, 5) is 55.5. The van der Waals surface area contributed by atoms with Crippen molar-refractivity contribution in [2.75, 3.05) is 32.7 Å². The molecule has 14 nitrogen and oxygen atoms in total. The number of aliphatic hydroxyl groups is 1. The number of aliphatic imine (C=N–C) groups is 1. The molecular weight excluding hydrogens is 678 g/mol. The molecule has 2 aromatic rings. The fraction of sp³-hybridized carbons (Fsp3) is 0.564. The largest absolute Gasteiger partial charge is 0.445 e. The third kappa shape index (κ3) is 22.0. The molecule has 0 saturated carbocycles. The first kappa shape index (κ1) is 44.3. The molecule has 0 fully saturated rings. The Morgan fingerprint density at radius 1 is 0.717 bits per heavy atom. The molecule has 0 aliphatic rings. The van der Waals surface area contributed by atoms with Crippen molar-refractivity contribution in [3.63, 3.8) is 0 Å². The van der Waals surface area contributed by atoms with E-state index < -0.39 is 30.2 Å². The summed E-state index contributed by atoms with van der Waals surface area (Å²) in [7, 11) is 0. The molecule has 0 heterocycles. The Morgan fingerprint density at radius 2 is 1.26 bits per heavy atom. The van der Waals surface area contributed by atoms with Gasteiger partial charge >= 0.3 is 12.2 Å². The number of aliphatic hydroxyl groups excluding tert-OH is 1. The molecule has 1 unspecified atom stereocenters. The summed E-state index contributed by atoms with van der Waals surface area (Å²) in [5.74, 6) is -0.628. The van der Waals surface area contributed by atoms with Crippen LogP contribution >= 0.6 is 0 Å². The SMILES string of the molecule is CC(NC(=O)CCCCCCCCCCN=C(N)N)[C@H](O)C(=O)NCCCCN(CCCNC(=O)OCc1ccccc1)C(=O)OCc1ccccc1. The first-order chi connectivity index (χ1) is 25.7. The standard InChI is InChI=1S/C39H61N7O7/c1-31(45-34(47)23-14-6-4-2-3-5-7-15-25-43-37(40)41)35(48)36(49)42-24-16-17-27-46(39(51)53-30-33-21-12-9-13-22-33)28-18-26-44-38(50)52-29-32-19-10-8-11-20-32/h8-13,19-22,31,35,48H,2-7,14-18,23-30H2,1H3,(H,42,49)(H,44,50)(H,45,47)(H4,40,41,43)/t31?,35-/m0/s1. The zero-order valence-corrected chi connectivity index (χ0v) is 31.3. The monoisotopic (exact) mass is 739 g/mol. The van der Waals surface area contributed by atoms with E-state index in [0.717, 1.165) is 62.5 Å². The fourth-order valence-electron chi connectivity index (χ4n) is 5.38. The molecule has 0 radical (unpaired) electrons. The highest BCUT2D eigenvalue weighted by atomic mass is 16.6. The van der Waals surface area contributed by atoms with Crippen LogP contribution in [0.1, 0.15) is 95.1 Å². The first-order valence-electron chi connectivity index (χ1n) is 18.9. The van der Waals surface area contributed by atoms with Crippen LogP contribution in [0.15, 0.2) is 65.7 Å². The Hall–Kier alpha value is -4.85. The fourth-order valence-corrected chi connectivity index (χ4v) is 5.38. The van der Waals surface area contributed by atoms with Crippen molar-refractivity contribution in [3.8, 4) is 0 Å². The lowest BCUT2D eigenvalue weighted by molar-refractivity contribution is -0.131. The number of nitrogens with two attached hydrogens (primary N) is 2. The first-order valence-corrected chi connectivity index (χ1v) is 18.9. The van der Waals surface area contributed by atoms with Gasteiger partial charge in [0.1, 0.15) is 13.2 Å². The number of hydrogen-bond acceptors (Lipinski definition) is 8.